The van der Waals surface area contributed by atoms with E-state index in [1.807, 2.05) is 30.3 Å². The van der Waals surface area contributed by atoms with Crippen molar-refractivity contribution in [3.05, 3.63) is 71.3 Å². The molecule has 1 aliphatic heterocycles. The number of likely N-dealkylation sites (tertiary alicyclic amines) is 1. The number of ketones is 1. The summed E-state index contributed by atoms with van der Waals surface area (Å²) in [4.78, 5) is 15.5. The molecule has 0 saturated carbocycles. The minimum absolute atomic E-state index is 0.0678. The Morgan fingerprint density at radius 3 is 2.26 bits per heavy atom. The Bertz CT molecular complexity index is 627. The molecule has 1 saturated heterocycles. The predicted molar refractivity (Wildman–Crippen MR) is 95.0 cm³/mol. The number of nitrogens with zero attached hydrogens (tertiary/aromatic N) is 1. The number of hydrogen-bond acceptors (Lipinski definition) is 2. The first-order chi connectivity index (χ1) is 11.3. The zero-order valence-electron chi connectivity index (χ0n) is 13.9. The Labute approximate surface area is 139 Å². The van der Waals surface area contributed by atoms with E-state index in [0.717, 1.165) is 37.2 Å². The highest BCUT2D eigenvalue weighted by molar-refractivity contribution is 6.01. The minimum atomic E-state index is -0.0678. The second kappa shape index (κ2) is 7.56. The van der Waals surface area contributed by atoms with Gasteiger partial charge in [-0.05, 0) is 43.5 Å². The molecule has 120 valence electrons. The first-order valence-electron chi connectivity index (χ1n) is 8.68. The van der Waals surface area contributed by atoms with Crippen molar-refractivity contribution < 1.29 is 4.79 Å². The molecule has 3 rings (SSSR count). The molecule has 2 aromatic carbocycles. The van der Waals surface area contributed by atoms with Gasteiger partial charge >= 0.3 is 0 Å². The third kappa shape index (κ3) is 3.89. The molecule has 1 unspecified atom stereocenters. The summed E-state index contributed by atoms with van der Waals surface area (Å²) in [7, 11) is 0. The van der Waals surface area contributed by atoms with Gasteiger partial charge in [-0.25, -0.2) is 0 Å². The number of hydrogen-bond donors (Lipinski definition) is 0. The molecule has 1 heterocycles. The quantitative estimate of drug-likeness (QED) is 0.741. The third-order valence-electron chi connectivity index (χ3n) is 4.80. The van der Waals surface area contributed by atoms with Gasteiger partial charge in [0.2, 0.25) is 0 Å². The molecule has 2 heteroatoms. The molecule has 23 heavy (non-hydrogen) atoms. The molecule has 2 aromatic rings. The van der Waals surface area contributed by atoms with Gasteiger partial charge < -0.3 is 4.90 Å². The summed E-state index contributed by atoms with van der Waals surface area (Å²) >= 11 is 0. The lowest BCUT2D eigenvalue weighted by molar-refractivity contribution is 0.0939. The van der Waals surface area contributed by atoms with E-state index in [-0.39, 0.29) is 11.7 Å². The summed E-state index contributed by atoms with van der Waals surface area (Å²) in [5.74, 6) is 0.174. The first-order valence-corrected chi connectivity index (χ1v) is 8.68. The van der Waals surface area contributed by atoms with Crippen LogP contribution in [0.2, 0.25) is 0 Å². The fourth-order valence-corrected chi connectivity index (χ4v) is 3.35. The summed E-state index contributed by atoms with van der Waals surface area (Å²) in [6.07, 6.45) is 3.51. The van der Waals surface area contributed by atoms with Gasteiger partial charge in [0.05, 0.1) is 5.92 Å². The van der Waals surface area contributed by atoms with Crippen molar-refractivity contribution in [1.29, 1.82) is 0 Å². The highest BCUT2D eigenvalue weighted by Crippen LogP contribution is 2.24. The number of carbonyl (C=O) groups is 1. The maximum absolute atomic E-state index is 13.1. The van der Waals surface area contributed by atoms with Crippen LogP contribution < -0.4 is 0 Å². The molecule has 0 aromatic heterocycles. The Morgan fingerprint density at radius 2 is 1.65 bits per heavy atom. The van der Waals surface area contributed by atoms with Gasteiger partial charge in [0, 0.05) is 12.1 Å². The fourth-order valence-electron chi connectivity index (χ4n) is 3.35. The average molecular weight is 307 g/mol. The van der Waals surface area contributed by atoms with Gasteiger partial charge in [-0.3, -0.25) is 4.79 Å². The number of aryl methyl sites for hydroxylation is 1. The molecule has 0 amide bonds. The molecule has 0 radical (unpaired) electrons. The van der Waals surface area contributed by atoms with Gasteiger partial charge in [-0.1, -0.05) is 61.5 Å². The van der Waals surface area contributed by atoms with Crippen LogP contribution in [0.1, 0.15) is 47.2 Å². The standard InChI is InChI=1S/C21H25NO/c1-2-17-10-12-19(13-11-17)21(23)20(16-22-14-6-7-15-22)18-8-4-3-5-9-18/h3-5,8-13,20H,2,6-7,14-16H2,1H3. The molecule has 0 N–H and O–H groups in total. The van der Waals surface area contributed by atoms with Crippen LogP contribution in [0.25, 0.3) is 0 Å². The maximum Gasteiger partial charge on any atom is 0.171 e. The first kappa shape index (κ1) is 15.9. The molecular weight excluding hydrogens is 282 g/mol. The van der Waals surface area contributed by atoms with Crippen LogP contribution in [-0.2, 0) is 6.42 Å². The lowest BCUT2D eigenvalue weighted by Crippen LogP contribution is -2.30. The summed E-state index contributed by atoms with van der Waals surface area (Å²) in [5.41, 5.74) is 3.23. The topological polar surface area (TPSA) is 20.3 Å². The zero-order chi connectivity index (χ0) is 16.1. The van der Waals surface area contributed by atoms with Crippen molar-refractivity contribution >= 4 is 5.78 Å². The summed E-state index contributed by atoms with van der Waals surface area (Å²) in [5, 5.41) is 0. The predicted octanol–water partition coefficient (Wildman–Crippen LogP) is 4.31. The zero-order valence-corrected chi connectivity index (χ0v) is 13.9. The molecular formula is C21H25NO. The Hall–Kier alpha value is -1.93. The Balaban J connectivity index is 1.85. The molecule has 0 bridgehead atoms. The van der Waals surface area contributed by atoms with Crippen LogP contribution in [-0.4, -0.2) is 30.3 Å². The SMILES string of the molecule is CCc1ccc(C(=O)C(CN2CCCC2)c2ccccc2)cc1. The highest BCUT2D eigenvalue weighted by atomic mass is 16.1. The van der Waals surface area contributed by atoms with E-state index in [1.165, 1.54) is 18.4 Å². The number of carbonyl (C=O) groups excluding carboxylic acids is 1. The lowest BCUT2D eigenvalue weighted by atomic mass is 9.89. The van der Waals surface area contributed by atoms with Crippen molar-refractivity contribution in [1.82, 2.24) is 4.90 Å². The summed E-state index contributed by atoms with van der Waals surface area (Å²) < 4.78 is 0. The van der Waals surface area contributed by atoms with Crippen molar-refractivity contribution in [2.24, 2.45) is 0 Å². The second-order valence-corrected chi connectivity index (χ2v) is 6.39. The van der Waals surface area contributed by atoms with Crippen LogP contribution in [0.15, 0.2) is 54.6 Å². The van der Waals surface area contributed by atoms with E-state index >= 15 is 0 Å². The Morgan fingerprint density at radius 1 is 1.00 bits per heavy atom. The molecule has 0 spiro atoms. The Kier molecular flexibility index (Phi) is 5.24. The fraction of sp³-hybridized carbons (Fsp3) is 0.381. The molecule has 1 atom stereocenters. The van der Waals surface area contributed by atoms with Crippen LogP contribution in [0.5, 0.6) is 0 Å². The van der Waals surface area contributed by atoms with Gasteiger partial charge in [-0.2, -0.15) is 0 Å². The molecule has 1 aliphatic rings. The smallest absolute Gasteiger partial charge is 0.171 e. The van der Waals surface area contributed by atoms with E-state index in [0.29, 0.717) is 0 Å². The molecule has 1 fully saturated rings. The second-order valence-electron chi connectivity index (χ2n) is 6.39. The number of rotatable bonds is 6. The maximum atomic E-state index is 13.1. The van der Waals surface area contributed by atoms with Crippen LogP contribution in [0.3, 0.4) is 0 Å². The third-order valence-corrected chi connectivity index (χ3v) is 4.80. The average Bonchev–Trinajstić information content (AvgIpc) is 3.13. The summed E-state index contributed by atoms with van der Waals surface area (Å²) in [6.45, 7) is 5.20. The van der Waals surface area contributed by atoms with E-state index in [4.69, 9.17) is 0 Å². The van der Waals surface area contributed by atoms with Crippen LogP contribution >= 0.6 is 0 Å². The normalized spacial score (nSPS) is 16.4. The van der Waals surface area contributed by atoms with Crippen molar-refractivity contribution in [3.63, 3.8) is 0 Å². The van der Waals surface area contributed by atoms with Crippen molar-refractivity contribution in [3.8, 4) is 0 Å². The summed E-state index contributed by atoms with van der Waals surface area (Å²) in [6, 6.07) is 18.4. The van der Waals surface area contributed by atoms with Gasteiger partial charge in [-0.15, -0.1) is 0 Å². The van der Waals surface area contributed by atoms with E-state index in [9.17, 15) is 4.79 Å². The van der Waals surface area contributed by atoms with Gasteiger partial charge in [0.25, 0.3) is 0 Å². The van der Waals surface area contributed by atoms with E-state index < -0.39 is 0 Å². The van der Waals surface area contributed by atoms with E-state index in [1.54, 1.807) is 0 Å². The van der Waals surface area contributed by atoms with Crippen LogP contribution in [0, 0.1) is 0 Å². The minimum Gasteiger partial charge on any atom is -0.302 e. The lowest BCUT2D eigenvalue weighted by Gasteiger charge is -2.23. The number of benzene rings is 2. The van der Waals surface area contributed by atoms with Gasteiger partial charge in [0.1, 0.15) is 0 Å². The van der Waals surface area contributed by atoms with Gasteiger partial charge in [0.15, 0.2) is 5.78 Å². The monoisotopic (exact) mass is 307 g/mol. The highest BCUT2D eigenvalue weighted by Gasteiger charge is 2.25. The van der Waals surface area contributed by atoms with Crippen molar-refractivity contribution in [2.45, 2.75) is 32.1 Å². The molecule has 2 nitrogen and oxygen atoms in total. The van der Waals surface area contributed by atoms with Crippen molar-refractivity contribution in [2.75, 3.05) is 19.6 Å². The van der Waals surface area contributed by atoms with E-state index in [2.05, 4.69) is 36.1 Å². The van der Waals surface area contributed by atoms with Crippen LogP contribution in [0.4, 0.5) is 0 Å². The number of Topliss-reactive ketones (excluding diaryl/α,β-unsaturated/α-hetero) is 1. The largest absolute Gasteiger partial charge is 0.302 e. The molecule has 0 aliphatic carbocycles.